The molecule has 0 fully saturated rings. The van der Waals surface area contributed by atoms with Crippen LogP contribution in [0.2, 0.25) is 0 Å². The van der Waals surface area contributed by atoms with Crippen LogP contribution in [-0.4, -0.2) is 23.6 Å². The summed E-state index contributed by atoms with van der Waals surface area (Å²) in [5, 5.41) is 3.61. The Morgan fingerprint density at radius 1 is 1.04 bits per heavy atom. The van der Waals surface area contributed by atoms with Gasteiger partial charge in [-0.25, -0.2) is 0 Å². The first-order valence-electron chi connectivity index (χ1n) is 7.93. The SMILES string of the molecule is Cc1cc(C(=O)NNC(=O)COc2ccccc2-c2ccccc2)on1. The second-order valence-electron chi connectivity index (χ2n) is 5.49. The highest BCUT2D eigenvalue weighted by Gasteiger charge is 2.13. The third-order valence-corrected chi connectivity index (χ3v) is 3.50. The molecule has 0 atom stereocenters. The summed E-state index contributed by atoms with van der Waals surface area (Å²) in [6.07, 6.45) is 0. The molecule has 7 heteroatoms. The van der Waals surface area contributed by atoms with E-state index in [1.54, 1.807) is 13.0 Å². The standard InChI is InChI=1S/C19H17N3O4/c1-13-11-17(26-22-13)19(24)21-20-18(23)12-25-16-10-6-5-9-15(16)14-7-3-2-4-8-14/h2-11H,12H2,1H3,(H,20,23)(H,21,24). The number of aryl methyl sites for hydroxylation is 1. The zero-order valence-corrected chi connectivity index (χ0v) is 14.1. The number of amides is 2. The maximum atomic E-state index is 11.9. The van der Waals surface area contributed by atoms with E-state index in [2.05, 4.69) is 16.0 Å². The molecule has 1 heterocycles. The van der Waals surface area contributed by atoms with Gasteiger partial charge in [-0.15, -0.1) is 0 Å². The van der Waals surface area contributed by atoms with Gasteiger partial charge in [0.2, 0.25) is 5.76 Å². The highest BCUT2D eigenvalue weighted by molar-refractivity contribution is 5.93. The van der Waals surface area contributed by atoms with Crippen LogP contribution in [0.5, 0.6) is 5.75 Å². The predicted octanol–water partition coefficient (Wildman–Crippen LogP) is 2.49. The van der Waals surface area contributed by atoms with E-state index in [-0.39, 0.29) is 12.4 Å². The van der Waals surface area contributed by atoms with Gasteiger partial charge in [0, 0.05) is 11.6 Å². The van der Waals surface area contributed by atoms with Crippen molar-refractivity contribution < 1.29 is 18.8 Å². The van der Waals surface area contributed by atoms with E-state index in [1.807, 2.05) is 48.5 Å². The Bertz CT molecular complexity index is 906. The molecule has 0 aliphatic carbocycles. The number of hydrogen-bond donors (Lipinski definition) is 2. The molecular weight excluding hydrogens is 334 g/mol. The van der Waals surface area contributed by atoms with Gasteiger partial charge < -0.3 is 9.26 Å². The summed E-state index contributed by atoms with van der Waals surface area (Å²) in [4.78, 5) is 23.7. The monoisotopic (exact) mass is 351 g/mol. The molecule has 3 aromatic rings. The zero-order valence-electron chi connectivity index (χ0n) is 14.1. The first-order valence-corrected chi connectivity index (χ1v) is 7.93. The van der Waals surface area contributed by atoms with Crippen LogP contribution < -0.4 is 15.6 Å². The highest BCUT2D eigenvalue weighted by atomic mass is 16.5. The van der Waals surface area contributed by atoms with E-state index in [4.69, 9.17) is 9.26 Å². The molecule has 7 nitrogen and oxygen atoms in total. The second kappa shape index (κ2) is 7.98. The van der Waals surface area contributed by atoms with Gasteiger partial charge in [-0.3, -0.25) is 20.4 Å². The van der Waals surface area contributed by atoms with Crippen molar-refractivity contribution in [2.75, 3.05) is 6.61 Å². The van der Waals surface area contributed by atoms with E-state index in [0.29, 0.717) is 11.4 Å². The first-order chi connectivity index (χ1) is 12.6. The quantitative estimate of drug-likeness (QED) is 0.689. The summed E-state index contributed by atoms with van der Waals surface area (Å²) in [6, 6.07) is 18.6. The zero-order chi connectivity index (χ0) is 18.4. The van der Waals surface area contributed by atoms with Gasteiger partial charge in [-0.1, -0.05) is 53.7 Å². The van der Waals surface area contributed by atoms with Gasteiger partial charge in [-0.2, -0.15) is 0 Å². The molecule has 0 unspecified atom stereocenters. The summed E-state index contributed by atoms with van der Waals surface area (Å²) in [5.74, 6) is -0.509. The molecule has 0 saturated carbocycles. The van der Waals surface area contributed by atoms with Crippen LogP contribution in [0.3, 0.4) is 0 Å². The Balaban J connectivity index is 1.56. The number of carbonyl (C=O) groups excluding carboxylic acids is 2. The lowest BCUT2D eigenvalue weighted by Gasteiger charge is -2.12. The molecule has 2 amide bonds. The molecule has 1 aromatic heterocycles. The van der Waals surface area contributed by atoms with E-state index in [9.17, 15) is 9.59 Å². The number of rotatable bonds is 5. The number of ether oxygens (including phenoxy) is 1. The van der Waals surface area contributed by atoms with Crippen molar-refractivity contribution in [3.8, 4) is 16.9 Å². The van der Waals surface area contributed by atoms with E-state index >= 15 is 0 Å². The maximum absolute atomic E-state index is 11.9. The fraction of sp³-hybridized carbons (Fsp3) is 0.105. The Labute approximate surface area is 149 Å². The highest BCUT2D eigenvalue weighted by Crippen LogP contribution is 2.29. The Morgan fingerprint density at radius 2 is 1.77 bits per heavy atom. The fourth-order valence-corrected chi connectivity index (χ4v) is 2.29. The molecule has 3 rings (SSSR count). The average Bonchev–Trinajstić information content (AvgIpc) is 3.12. The van der Waals surface area contributed by atoms with Crippen LogP contribution in [0, 0.1) is 6.92 Å². The summed E-state index contributed by atoms with van der Waals surface area (Å²) >= 11 is 0. The topological polar surface area (TPSA) is 93.5 Å². The molecule has 0 spiro atoms. The largest absolute Gasteiger partial charge is 0.483 e. The van der Waals surface area contributed by atoms with Crippen LogP contribution in [0.1, 0.15) is 16.2 Å². The van der Waals surface area contributed by atoms with Gasteiger partial charge in [0.25, 0.3) is 5.91 Å². The lowest BCUT2D eigenvalue weighted by Crippen LogP contribution is -2.43. The number of nitrogens with one attached hydrogen (secondary N) is 2. The van der Waals surface area contributed by atoms with Crippen molar-refractivity contribution in [1.82, 2.24) is 16.0 Å². The summed E-state index contributed by atoms with van der Waals surface area (Å²) in [6.45, 7) is 1.44. The number of aromatic nitrogens is 1. The van der Waals surface area contributed by atoms with Crippen LogP contribution in [0.25, 0.3) is 11.1 Å². The third-order valence-electron chi connectivity index (χ3n) is 3.50. The first kappa shape index (κ1) is 17.2. The van der Waals surface area contributed by atoms with Gasteiger partial charge in [-0.05, 0) is 18.6 Å². The number of nitrogens with zero attached hydrogens (tertiary/aromatic N) is 1. The van der Waals surface area contributed by atoms with Gasteiger partial charge >= 0.3 is 5.91 Å². The van der Waals surface area contributed by atoms with Gasteiger partial charge in [0.1, 0.15) is 5.75 Å². The van der Waals surface area contributed by atoms with Gasteiger partial charge in [0.05, 0.1) is 5.69 Å². The predicted molar refractivity (Wildman–Crippen MR) is 94.2 cm³/mol. The van der Waals surface area contributed by atoms with Crippen LogP contribution in [0.15, 0.2) is 65.2 Å². The molecular formula is C19H17N3O4. The summed E-state index contributed by atoms with van der Waals surface area (Å²) in [5.41, 5.74) is 6.94. The minimum atomic E-state index is -0.594. The van der Waals surface area contributed by atoms with E-state index in [0.717, 1.165) is 11.1 Å². The normalized spacial score (nSPS) is 10.2. The van der Waals surface area contributed by atoms with E-state index < -0.39 is 11.8 Å². The molecule has 2 aromatic carbocycles. The minimum Gasteiger partial charge on any atom is -0.483 e. The average molecular weight is 351 g/mol. The molecule has 0 bridgehead atoms. The Kier molecular flexibility index (Phi) is 5.28. The van der Waals surface area contributed by atoms with Crippen molar-refractivity contribution in [3.63, 3.8) is 0 Å². The van der Waals surface area contributed by atoms with Crippen molar-refractivity contribution in [3.05, 3.63) is 72.1 Å². The molecule has 0 aliphatic heterocycles. The molecule has 2 N–H and O–H groups in total. The number of para-hydroxylation sites is 1. The third kappa shape index (κ3) is 4.27. The maximum Gasteiger partial charge on any atom is 0.308 e. The molecule has 0 saturated heterocycles. The van der Waals surface area contributed by atoms with Gasteiger partial charge in [0.15, 0.2) is 6.61 Å². The fourth-order valence-electron chi connectivity index (χ4n) is 2.29. The van der Waals surface area contributed by atoms with Crippen molar-refractivity contribution in [2.24, 2.45) is 0 Å². The number of hydrogen-bond acceptors (Lipinski definition) is 5. The summed E-state index contributed by atoms with van der Waals surface area (Å²) < 4.78 is 10.4. The number of benzene rings is 2. The van der Waals surface area contributed by atoms with Crippen molar-refractivity contribution in [2.45, 2.75) is 6.92 Å². The smallest absolute Gasteiger partial charge is 0.308 e. The number of hydrazine groups is 1. The summed E-state index contributed by atoms with van der Waals surface area (Å²) in [7, 11) is 0. The lowest BCUT2D eigenvalue weighted by atomic mass is 10.1. The number of carbonyl (C=O) groups is 2. The van der Waals surface area contributed by atoms with Crippen molar-refractivity contribution in [1.29, 1.82) is 0 Å². The molecule has 26 heavy (non-hydrogen) atoms. The second-order valence-corrected chi connectivity index (χ2v) is 5.49. The van der Waals surface area contributed by atoms with Crippen LogP contribution in [0.4, 0.5) is 0 Å². The molecule has 0 aliphatic rings. The lowest BCUT2D eigenvalue weighted by molar-refractivity contribution is -0.123. The molecule has 132 valence electrons. The van der Waals surface area contributed by atoms with Crippen LogP contribution >= 0.6 is 0 Å². The Morgan fingerprint density at radius 3 is 2.50 bits per heavy atom. The van der Waals surface area contributed by atoms with Crippen molar-refractivity contribution >= 4 is 11.8 Å². The Hall–Kier alpha value is -3.61. The van der Waals surface area contributed by atoms with E-state index in [1.165, 1.54) is 6.07 Å². The molecule has 0 radical (unpaired) electrons. The van der Waals surface area contributed by atoms with Crippen LogP contribution in [-0.2, 0) is 4.79 Å². The minimum absolute atomic E-state index is 0.0122.